The van der Waals surface area contributed by atoms with E-state index in [-0.39, 0.29) is 25.7 Å². The Morgan fingerprint density at radius 3 is 1.05 bits per heavy atom. The fourth-order valence-corrected chi connectivity index (χ4v) is 16.0. The molecule has 10 N–H and O–H groups in total. The first kappa shape index (κ1) is 106. The molecule has 1 saturated carbocycles. The van der Waals surface area contributed by atoms with E-state index in [9.17, 15) is 74.6 Å². The predicted octanol–water partition coefficient (Wildman–Crippen LogP) is 16.5. The molecule has 2 saturated heterocycles. The molecule has 18 unspecified atom stereocenters. The quantitative estimate of drug-likeness (QED) is 0.00889. The van der Waals surface area contributed by atoms with Crippen LogP contribution < -0.4 is 0 Å². The molecular weight excluding hydrogens is 1500 g/mol. The van der Waals surface area contributed by atoms with Gasteiger partial charge in [0, 0.05) is 25.7 Å². The van der Waals surface area contributed by atoms with Crippen LogP contribution in [-0.4, -0.2) is 205 Å². The summed E-state index contributed by atoms with van der Waals surface area (Å²) < 4.78 is 73.3. The van der Waals surface area contributed by atoms with Gasteiger partial charge >= 0.3 is 31.7 Å². The molecule has 1 aliphatic carbocycles. The molecule has 0 amide bonds. The molecule has 0 bridgehead atoms. The maximum absolute atomic E-state index is 14.9. The maximum Gasteiger partial charge on any atom is 0.472 e. The zero-order chi connectivity index (χ0) is 84.0. The third kappa shape index (κ3) is 49.0. The molecule has 0 aromatic heterocycles. The van der Waals surface area contributed by atoms with Crippen LogP contribution in [0.4, 0.5) is 0 Å². The van der Waals surface area contributed by atoms with E-state index in [0.717, 1.165) is 141 Å². The van der Waals surface area contributed by atoms with Gasteiger partial charge in [-0.2, -0.15) is 0 Å². The molecule has 25 nitrogen and oxygen atoms in total. The second kappa shape index (κ2) is 68.5. The van der Waals surface area contributed by atoms with Gasteiger partial charge in [-0.25, -0.2) is 4.57 Å². The van der Waals surface area contributed by atoms with E-state index in [1.807, 2.05) is 0 Å². The topological polar surface area (TPSA) is 380 Å². The number of hydrogen-bond acceptors (Lipinski definition) is 24. The third-order valence-electron chi connectivity index (χ3n) is 22.4. The first-order chi connectivity index (χ1) is 55.7. The molecule has 115 heavy (non-hydrogen) atoms. The minimum atomic E-state index is -5.81. The predicted molar refractivity (Wildman–Crippen MR) is 444 cm³/mol. The number of rotatable bonds is 74. The lowest BCUT2D eigenvalue weighted by Gasteiger charge is -2.50. The lowest BCUT2D eigenvalue weighted by Crippen LogP contribution is -2.70. The molecule has 0 aromatic rings. The van der Waals surface area contributed by atoms with Crippen LogP contribution in [0.3, 0.4) is 0 Å². The van der Waals surface area contributed by atoms with Crippen LogP contribution in [0.5, 0.6) is 0 Å². The average Bonchev–Trinajstić information content (AvgIpc) is 0.755. The van der Waals surface area contributed by atoms with Gasteiger partial charge in [0.2, 0.25) is 0 Å². The van der Waals surface area contributed by atoms with Crippen LogP contribution in [0.2, 0.25) is 0 Å². The molecule has 674 valence electrons. The standard InChI is InChI=1S/C89H163O25P/c1-5-9-13-17-21-25-29-33-35-39-42-45-49-53-57-61-72(91)105-66-69(108-74(93)63-59-55-51-47-43-38-32-28-24-20-16-12-8-4)67-107-115(103,104)114-87-85(112-88-82(101)78(97)76(95)70(65-90)109-88)81(100)80(99)84(111-75(94)64-60-56-52-48-44-40-36-34-30-26-22-18-14-10-6-2)86(87)113-89-83(102)79(98)77(96)71(110-89)68-106-73(92)62-58-54-50-46-41-37-31-27-23-19-15-11-7-3/h25,29,37,41,69-71,76-90,95-102H,5-24,26-28,30-36,38-40,42-68H2,1-4H3,(H,103,104)/b29-25-,41-37-. The summed E-state index contributed by atoms with van der Waals surface area (Å²) in [6.07, 6.45) is 27.5. The van der Waals surface area contributed by atoms with E-state index in [2.05, 4.69) is 52.0 Å². The second-order valence-electron chi connectivity index (χ2n) is 32.8. The highest BCUT2D eigenvalue weighted by atomic mass is 31.2. The van der Waals surface area contributed by atoms with Gasteiger partial charge in [0.05, 0.1) is 13.2 Å². The Hall–Kier alpha value is -3.05. The largest absolute Gasteiger partial charge is 0.472 e. The number of esters is 4. The van der Waals surface area contributed by atoms with Crippen molar-refractivity contribution in [3.63, 3.8) is 0 Å². The lowest BCUT2D eigenvalue weighted by atomic mass is 9.84. The fraction of sp³-hybridized carbons (Fsp3) is 0.910. The Labute approximate surface area is 692 Å². The smallest absolute Gasteiger partial charge is 0.463 e. The van der Waals surface area contributed by atoms with Gasteiger partial charge in [0.25, 0.3) is 0 Å². The van der Waals surface area contributed by atoms with Crippen molar-refractivity contribution in [2.45, 2.75) is 491 Å². The van der Waals surface area contributed by atoms with Crippen LogP contribution in [-0.2, 0) is 70.7 Å². The molecule has 26 heteroatoms. The number of allylic oxidation sites excluding steroid dienone is 4. The van der Waals surface area contributed by atoms with Gasteiger partial charge < -0.3 is 88.7 Å². The summed E-state index contributed by atoms with van der Waals surface area (Å²) >= 11 is 0. The van der Waals surface area contributed by atoms with E-state index in [0.29, 0.717) is 38.5 Å². The van der Waals surface area contributed by atoms with Gasteiger partial charge in [-0.05, 0) is 77.0 Å². The number of carbonyl (C=O) groups excluding carboxylic acids is 4. The Morgan fingerprint density at radius 2 is 0.652 bits per heavy atom. The van der Waals surface area contributed by atoms with Crippen molar-refractivity contribution in [3.05, 3.63) is 24.3 Å². The third-order valence-corrected chi connectivity index (χ3v) is 23.4. The monoisotopic (exact) mass is 1660 g/mol. The van der Waals surface area contributed by atoms with Crippen molar-refractivity contribution in [1.82, 2.24) is 0 Å². The number of hydrogen-bond donors (Lipinski definition) is 10. The summed E-state index contributed by atoms with van der Waals surface area (Å²) in [5.74, 6) is -2.98. The van der Waals surface area contributed by atoms with Crippen molar-refractivity contribution in [2.75, 3.05) is 26.4 Å². The van der Waals surface area contributed by atoms with E-state index in [4.69, 9.17) is 46.9 Å². The lowest BCUT2D eigenvalue weighted by molar-refractivity contribution is -0.360. The summed E-state index contributed by atoms with van der Waals surface area (Å²) in [5.41, 5.74) is 0. The summed E-state index contributed by atoms with van der Waals surface area (Å²) in [7, 11) is -5.81. The van der Waals surface area contributed by atoms with Crippen molar-refractivity contribution < 1.29 is 122 Å². The number of ether oxygens (including phenoxy) is 8. The van der Waals surface area contributed by atoms with Crippen LogP contribution in [0.15, 0.2) is 24.3 Å². The van der Waals surface area contributed by atoms with E-state index < -0.39 is 162 Å². The van der Waals surface area contributed by atoms with Crippen molar-refractivity contribution in [3.8, 4) is 0 Å². The number of phosphoric acid groups is 1. The molecule has 3 fully saturated rings. The number of aliphatic hydroxyl groups excluding tert-OH is 9. The van der Waals surface area contributed by atoms with Gasteiger partial charge in [0.15, 0.2) is 24.8 Å². The van der Waals surface area contributed by atoms with Crippen LogP contribution >= 0.6 is 7.82 Å². The molecule has 2 aliphatic heterocycles. The molecule has 0 spiro atoms. The Bertz CT molecular complexity index is 2490. The van der Waals surface area contributed by atoms with Crippen molar-refractivity contribution in [1.29, 1.82) is 0 Å². The highest BCUT2D eigenvalue weighted by Gasteiger charge is 2.60. The molecule has 3 rings (SSSR count). The van der Waals surface area contributed by atoms with Gasteiger partial charge in [0.1, 0.15) is 92.6 Å². The Balaban J connectivity index is 1.93. The molecule has 3 aliphatic rings. The van der Waals surface area contributed by atoms with Crippen LogP contribution in [0, 0.1) is 0 Å². The summed E-state index contributed by atoms with van der Waals surface area (Å²) in [6, 6.07) is 0. The van der Waals surface area contributed by atoms with Crippen LogP contribution in [0.1, 0.15) is 387 Å². The van der Waals surface area contributed by atoms with E-state index >= 15 is 0 Å². The minimum Gasteiger partial charge on any atom is -0.463 e. The molecule has 0 aromatic carbocycles. The molecular formula is C89H163O25P. The van der Waals surface area contributed by atoms with Gasteiger partial charge in [-0.15, -0.1) is 0 Å². The Kier molecular flexibility index (Phi) is 63.2. The van der Waals surface area contributed by atoms with E-state index in [1.54, 1.807) is 0 Å². The molecule has 0 radical (unpaired) electrons. The van der Waals surface area contributed by atoms with E-state index in [1.165, 1.54) is 154 Å². The van der Waals surface area contributed by atoms with Gasteiger partial charge in [-0.1, -0.05) is 309 Å². The number of phosphoric ester groups is 1. The van der Waals surface area contributed by atoms with Crippen LogP contribution in [0.25, 0.3) is 0 Å². The van der Waals surface area contributed by atoms with Gasteiger partial charge in [-0.3, -0.25) is 28.2 Å². The summed E-state index contributed by atoms with van der Waals surface area (Å²) in [4.78, 5) is 66.3. The number of aliphatic hydroxyl groups is 9. The number of carbonyl (C=O) groups is 4. The normalized spacial score (nSPS) is 25.3. The average molecular weight is 1660 g/mol. The molecule has 18 atom stereocenters. The zero-order valence-corrected chi connectivity index (χ0v) is 72.5. The summed E-state index contributed by atoms with van der Waals surface area (Å²) in [6.45, 7) is 5.56. The SMILES string of the molecule is CCCCCC/C=C\CCCCCCCCCC(=O)OCC(COP(=O)(O)OC1C(OC2OC(CO)C(O)C(O)C2O)C(O)C(O)C(OC(=O)CCCCCCCCCCCCCCCCC)C1OC1OC(COC(=O)CCCCC/C=C\CCCCCCCC)C(O)C(O)C1O)OC(=O)CCCCCCCCCCCCCCC. The fourth-order valence-electron chi connectivity index (χ4n) is 15.1. The highest BCUT2D eigenvalue weighted by molar-refractivity contribution is 7.47. The first-order valence-corrected chi connectivity index (χ1v) is 47.6. The number of unbranched alkanes of at least 4 members (excludes halogenated alkanes) is 46. The second-order valence-corrected chi connectivity index (χ2v) is 34.2. The maximum atomic E-state index is 14.9. The van der Waals surface area contributed by atoms with Crippen molar-refractivity contribution >= 4 is 31.7 Å². The minimum absolute atomic E-state index is 0.00550. The molecule has 2 heterocycles. The first-order valence-electron chi connectivity index (χ1n) is 46.1. The summed E-state index contributed by atoms with van der Waals surface area (Å²) in [5, 5.41) is 102. The Morgan fingerprint density at radius 1 is 0.339 bits per heavy atom. The van der Waals surface area contributed by atoms with Crippen molar-refractivity contribution in [2.24, 2.45) is 0 Å². The highest BCUT2D eigenvalue weighted by Crippen LogP contribution is 2.49. The zero-order valence-electron chi connectivity index (χ0n) is 71.6.